The van der Waals surface area contributed by atoms with Gasteiger partial charge in [0.15, 0.2) is 5.65 Å². The zero-order chi connectivity index (χ0) is 27.9. The third kappa shape index (κ3) is 7.15. The molecule has 4 rings (SSSR count). The number of nitrogens with one attached hydrogen (secondary N) is 2. The van der Waals surface area contributed by atoms with E-state index >= 15 is 0 Å². The number of carbonyl (C=O) groups excluding carboxylic acids is 1. The molecule has 0 aliphatic heterocycles. The molecule has 2 heterocycles. The largest absolute Gasteiger partial charge is 0.598 e. The molecule has 0 unspecified atom stereocenters. The first kappa shape index (κ1) is 29.0. The smallest absolute Gasteiger partial charge is 0.408 e. The minimum atomic E-state index is -2.68. The summed E-state index contributed by atoms with van der Waals surface area (Å²) < 4.78 is 50.8. The molecule has 1 amide bonds. The van der Waals surface area contributed by atoms with Gasteiger partial charge in [-0.3, -0.25) is 0 Å². The molecule has 2 aliphatic rings. The van der Waals surface area contributed by atoms with Gasteiger partial charge in [-0.25, -0.2) is 23.1 Å². The number of carbonyl (C=O) groups is 1. The van der Waals surface area contributed by atoms with E-state index in [9.17, 15) is 18.1 Å². The van der Waals surface area contributed by atoms with Gasteiger partial charge < -0.3 is 14.6 Å². The molecule has 3 atom stereocenters. The highest BCUT2D eigenvalue weighted by molar-refractivity contribution is 7.90. The molecule has 2 aromatic rings. The minimum Gasteiger partial charge on any atom is -0.598 e. The Kier molecular flexibility index (Phi) is 8.31. The molecule has 11 heteroatoms. The van der Waals surface area contributed by atoms with Crippen molar-refractivity contribution in [3.63, 3.8) is 0 Å². The molecule has 212 valence electrons. The Bertz CT molecular complexity index is 1120. The second kappa shape index (κ2) is 10.9. The van der Waals surface area contributed by atoms with Gasteiger partial charge in [0.25, 0.3) is 0 Å². The van der Waals surface area contributed by atoms with Gasteiger partial charge in [-0.15, -0.1) is 4.72 Å². The molecule has 2 aliphatic carbocycles. The van der Waals surface area contributed by atoms with Crippen molar-refractivity contribution in [3.8, 4) is 0 Å². The van der Waals surface area contributed by atoms with Gasteiger partial charge in [-0.1, -0.05) is 6.42 Å². The van der Waals surface area contributed by atoms with E-state index in [0.717, 1.165) is 24.8 Å². The van der Waals surface area contributed by atoms with Crippen LogP contribution < -0.4 is 10.0 Å². The second-order valence-corrected chi connectivity index (χ2v) is 14.7. The fourth-order valence-electron chi connectivity index (χ4n) is 5.00. The highest BCUT2D eigenvalue weighted by Crippen LogP contribution is 2.42. The first-order valence-corrected chi connectivity index (χ1v) is 14.7. The fraction of sp³-hybridized carbons (Fsp3) is 0.741. The Hall–Kier alpha value is -1.98. The van der Waals surface area contributed by atoms with E-state index in [2.05, 4.69) is 15.1 Å². The van der Waals surface area contributed by atoms with Crippen LogP contribution in [0.5, 0.6) is 0 Å². The first-order chi connectivity index (χ1) is 17.6. The number of aromatic nitrogens is 3. The quantitative estimate of drug-likeness (QED) is 0.407. The van der Waals surface area contributed by atoms with Gasteiger partial charge in [0, 0.05) is 24.2 Å². The van der Waals surface area contributed by atoms with Gasteiger partial charge in [0.2, 0.25) is 5.92 Å². The Morgan fingerprint density at radius 1 is 1.13 bits per heavy atom. The van der Waals surface area contributed by atoms with E-state index in [1.54, 1.807) is 37.7 Å². The van der Waals surface area contributed by atoms with Crippen molar-refractivity contribution in [2.24, 2.45) is 11.8 Å². The summed E-state index contributed by atoms with van der Waals surface area (Å²) in [5, 5.41) is 7.48. The van der Waals surface area contributed by atoms with Crippen molar-refractivity contribution in [1.82, 2.24) is 24.6 Å². The summed E-state index contributed by atoms with van der Waals surface area (Å²) in [6.07, 6.45) is 6.25. The number of halogens is 2. The third-order valence-corrected chi connectivity index (χ3v) is 8.93. The van der Waals surface area contributed by atoms with Crippen molar-refractivity contribution in [1.29, 1.82) is 0 Å². The van der Waals surface area contributed by atoms with Crippen molar-refractivity contribution >= 4 is 23.1 Å². The average Bonchev–Trinajstić information content (AvgIpc) is 3.17. The highest BCUT2D eigenvalue weighted by Gasteiger charge is 2.40. The standard InChI is InChI=1S/C27H41F2N5O3S/c1-25(2,3)37-24(35)32-23(18-10-12-27(28,29)13-11-18)20-16-34-21(31-20)14-19(15-30-34)22(17-8-7-9-17)33-38(36)26(4,5)6/h14-18,22-23,33H,7-13H2,1-6H3,(H,32,35)/t22-,23-,38-/m0/s1. The van der Waals surface area contributed by atoms with E-state index in [1.165, 1.54) is 0 Å². The maximum atomic E-state index is 13.9. The van der Waals surface area contributed by atoms with E-state index in [0.29, 0.717) is 17.3 Å². The fourth-order valence-corrected chi connectivity index (χ4v) is 5.91. The lowest BCUT2D eigenvalue weighted by atomic mass is 9.78. The van der Waals surface area contributed by atoms with Crippen LogP contribution in [0, 0.1) is 11.8 Å². The molecule has 2 aromatic heterocycles. The topological polar surface area (TPSA) is 104 Å². The van der Waals surface area contributed by atoms with Gasteiger partial charge in [0.1, 0.15) is 10.3 Å². The van der Waals surface area contributed by atoms with Crippen LogP contribution in [0.25, 0.3) is 5.65 Å². The van der Waals surface area contributed by atoms with E-state index in [-0.39, 0.29) is 37.6 Å². The lowest BCUT2D eigenvalue weighted by Crippen LogP contribution is -2.44. The molecule has 38 heavy (non-hydrogen) atoms. The summed E-state index contributed by atoms with van der Waals surface area (Å²) in [6, 6.07) is 1.24. The molecule has 0 aromatic carbocycles. The molecular weight excluding hydrogens is 512 g/mol. The number of ether oxygens (including phenoxy) is 1. The zero-order valence-electron chi connectivity index (χ0n) is 23.2. The molecular formula is C27H41F2N5O3S. The molecule has 0 saturated heterocycles. The number of fused-ring (bicyclic) bond motifs is 1. The maximum absolute atomic E-state index is 13.9. The van der Waals surface area contributed by atoms with Crippen LogP contribution in [-0.4, -0.2) is 41.5 Å². The predicted octanol–water partition coefficient (Wildman–Crippen LogP) is 6.01. The van der Waals surface area contributed by atoms with Crippen LogP contribution in [0.1, 0.15) is 110 Å². The summed E-state index contributed by atoms with van der Waals surface area (Å²) >= 11 is -1.24. The number of nitrogens with zero attached hydrogens (tertiary/aromatic N) is 3. The van der Waals surface area contributed by atoms with E-state index in [1.807, 2.05) is 26.8 Å². The zero-order valence-corrected chi connectivity index (χ0v) is 24.0. The van der Waals surface area contributed by atoms with Crippen molar-refractivity contribution in [2.75, 3.05) is 0 Å². The lowest BCUT2D eigenvalue weighted by Gasteiger charge is -2.36. The lowest BCUT2D eigenvalue weighted by molar-refractivity contribution is -0.0500. The van der Waals surface area contributed by atoms with Gasteiger partial charge in [0.05, 0.1) is 30.2 Å². The monoisotopic (exact) mass is 553 g/mol. The Morgan fingerprint density at radius 2 is 1.76 bits per heavy atom. The summed E-state index contributed by atoms with van der Waals surface area (Å²) in [5.41, 5.74) is 1.36. The van der Waals surface area contributed by atoms with E-state index in [4.69, 9.17) is 9.72 Å². The van der Waals surface area contributed by atoms with Crippen LogP contribution >= 0.6 is 0 Å². The maximum Gasteiger partial charge on any atom is 0.408 e. The Labute approximate surface area is 227 Å². The Morgan fingerprint density at radius 3 is 2.32 bits per heavy atom. The molecule has 2 fully saturated rings. The summed E-state index contributed by atoms with van der Waals surface area (Å²) in [5.74, 6) is -2.52. The van der Waals surface area contributed by atoms with E-state index < -0.39 is 39.8 Å². The number of rotatable bonds is 7. The van der Waals surface area contributed by atoms with Crippen molar-refractivity contribution in [2.45, 2.75) is 115 Å². The molecule has 2 N–H and O–H groups in total. The number of alkyl halides is 2. The van der Waals surface area contributed by atoms with Crippen LogP contribution in [0.2, 0.25) is 0 Å². The average molecular weight is 554 g/mol. The SMILES string of the molecule is CC(C)(C)OC(=O)N[C@H](c1cn2ncc([C@@H](N[S@@+]([O-])C(C)(C)C)C3CCC3)cc2n1)C1CCC(F)(F)CC1. The minimum absolute atomic E-state index is 0.113. The molecule has 0 bridgehead atoms. The Balaban J connectivity index is 1.62. The first-order valence-electron chi connectivity index (χ1n) is 13.5. The third-order valence-electron chi connectivity index (χ3n) is 7.35. The van der Waals surface area contributed by atoms with Crippen molar-refractivity contribution in [3.05, 3.63) is 29.7 Å². The molecule has 2 saturated carbocycles. The van der Waals surface area contributed by atoms with Crippen LogP contribution in [0.4, 0.5) is 13.6 Å². The highest BCUT2D eigenvalue weighted by atomic mass is 32.2. The summed E-state index contributed by atoms with van der Waals surface area (Å²) in [7, 11) is 0. The number of amides is 1. The second-order valence-electron chi connectivity index (χ2n) is 12.7. The normalized spacial score (nSPS) is 21.5. The number of hydrogen-bond donors (Lipinski definition) is 2. The van der Waals surface area contributed by atoms with Gasteiger partial charge in [-0.2, -0.15) is 5.10 Å². The summed E-state index contributed by atoms with van der Waals surface area (Å²) in [4.78, 5) is 17.5. The van der Waals surface area contributed by atoms with Crippen LogP contribution in [-0.2, 0) is 16.1 Å². The predicted molar refractivity (Wildman–Crippen MR) is 143 cm³/mol. The molecule has 8 nitrogen and oxygen atoms in total. The van der Waals surface area contributed by atoms with Crippen molar-refractivity contribution < 1.29 is 22.9 Å². The number of alkyl carbamates (subject to hydrolysis) is 1. The van der Waals surface area contributed by atoms with Gasteiger partial charge >= 0.3 is 6.09 Å². The number of hydrogen-bond acceptors (Lipinski definition) is 6. The van der Waals surface area contributed by atoms with Crippen LogP contribution in [0.3, 0.4) is 0 Å². The van der Waals surface area contributed by atoms with Gasteiger partial charge in [-0.05, 0) is 90.7 Å². The van der Waals surface area contributed by atoms with Crippen LogP contribution in [0.15, 0.2) is 18.5 Å². The molecule has 0 spiro atoms. The number of imidazole rings is 1. The summed E-state index contributed by atoms with van der Waals surface area (Å²) in [6.45, 7) is 11.1. The molecule has 0 radical (unpaired) electrons.